The highest BCUT2D eigenvalue weighted by molar-refractivity contribution is 7.80. The number of hydrogen-bond acceptors (Lipinski definition) is 3. The van der Waals surface area contributed by atoms with Gasteiger partial charge >= 0.3 is 0 Å². The predicted molar refractivity (Wildman–Crippen MR) is 68.4 cm³/mol. The van der Waals surface area contributed by atoms with Crippen molar-refractivity contribution in [3.05, 3.63) is 0 Å². The van der Waals surface area contributed by atoms with E-state index in [9.17, 15) is 4.79 Å². The zero-order valence-electron chi connectivity index (χ0n) is 10.6. The molecular formula is C12H21NO2S. The number of ketones is 1. The Morgan fingerprint density at radius 1 is 1.56 bits per heavy atom. The van der Waals surface area contributed by atoms with Crippen molar-refractivity contribution in [1.29, 1.82) is 0 Å². The van der Waals surface area contributed by atoms with Crippen LogP contribution in [0.2, 0.25) is 0 Å². The number of ether oxygens (including phenoxy) is 1. The van der Waals surface area contributed by atoms with Gasteiger partial charge in [0, 0.05) is 20.5 Å². The second-order valence-corrected chi connectivity index (χ2v) is 5.68. The van der Waals surface area contributed by atoms with E-state index in [1.807, 2.05) is 14.1 Å². The molecule has 1 rings (SSSR count). The minimum Gasteiger partial charge on any atom is -0.470 e. The first kappa shape index (κ1) is 13.4. The average molecular weight is 243 g/mol. The van der Waals surface area contributed by atoms with E-state index in [2.05, 4.69) is 13.8 Å². The molecule has 1 atom stereocenters. The molecule has 0 radical (unpaired) electrons. The largest absolute Gasteiger partial charge is 0.470 e. The van der Waals surface area contributed by atoms with Gasteiger partial charge in [-0.1, -0.05) is 13.8 Å². The van der Waals surface area contributed by atoms with Gasteiger partial charge in [-0.05, 0) is 30.5 Å². The third-order valence-corrected chi connectivity index (χ3v) is 3.80. The summed E-state index contributed by atoms with van der Waals surface area (Å²) in [6.45, 7) is 4.69. The Kier molecular flexibility index (Phi) is 4.30. The molecule has 0 spiro atoms. The summed E-state index contributed by atoms with van der Waals surface area (Å²) in [6, 6.07) is 0. The fraction of sp³-hybridized carbons (Fsp3) is 0.833. The maximum atomic E-state index is 11.9. The minimum atomic E-state index is -0.0147. The van der Waals surface area contributed by atoms with Gasteiger partial charge in [0.2, 0.25) is 0 Å². The van der Waals surface area contributed by atoms with Crippen molar-refractivity contribution in [3.8, 4) is 0 Å². The van der Waals surface area contributed by atoms with Crippen molar-refractivity contribution in [1.82, 2.24) is 4.90 Å². The second-order valence-electron chi connectivity index (χ2n) is 5.33. The number of carbonyl (C=O) groups is 1. The zero-order valence-corrected chi connectivity index (χ0v) is 11.4. The summed E-state index contributed by atoms with van der Waals surface area (Å²) in [4.78, 5) is 13.6. The minimum absolute atomic E-state index is 0.0147. The van der Waals surface area contributed by atoms with Crippen LogP contribution in [-0.4, -0.2) is 36.6 Å². The van der Waals surface area contributed by atoms with Gasteiger partial charge in [-0.15, -0.1) is 0 Å². The van der Waals surface area contributed by atoms with E-state index in [-0.39, 0.29) is 11.3 Å². The molecule has 92 valence electrons. The highest BCUT2D eigenvalue weighted by Crippen LogP contribution is 2.38. The molecule has 0 amide bonds. The molecule has 0 saturated heterocycles. The van der Waals surface area contributed by atoms with Gasteiger partial charge in [-0.25, -0.2) is 0 Å². The van der Waals surface area contributed by atoms with Crippen molar-refractivity contribution in [2.75, 3.05) is 20.7 Å². The highest BCUT2D eigenvalue weighted by Gasteiger charge is 2.38. The molecule has 3 nitrogen and oxygen atoms in total. The summed E-state index contributed by atoms with van der Waals surface area (Å²) >= 11 is 5.05. The van der Waals surface area contributed by atoms with Gasteiger partial charge in [-0.2, -0.15) is 0 Å². The van der Waals surface area contributed by atoms with E-state index < -0.39 is 0 Å². The van der Waals surface area contributed by atoms with Gasteiger partial charge in [-0.3, -0.25) is 4.79 Å². The van der Waals surface area contributed by atoms with Crippen LogP contribution in [0.15, 0.2) is 0 Å². The van der Waals surface area contributed by atoms with Crippen LogP contribution in [0.3, 0.4) is 0 Å². The molecule has 1 aliphatic rings. The number of thiocarbonyl (C=S) groups is 1. The molecule has 0 heterocycles. The number of carbonyl (C=O) groups excluding carboxylic acids is 1. The van der Waals surface area contributed by atoms with Gasteiger partial charge in [0.05, 0.1) is 5.92 Å². The first-order valence-corrected chi connectivity index (χ1v) is 6.12. The lowest BCUT2D eigenvalue weighted by Gasteiger charge is -2.37. The lowest BCUT2D eigenvalue weighted by Crippen LogP contribution is -2.39. The predicted octanol–water partition coefficient (Wildman–Crippen LogP) is 2.24. The number of nitrogens with zero attached hydrogens (tertiary/aromatic N) is 1. The van der Waals surface area contributed by atoms with E-state index in [4.69, 9.17) is 17.0 Å². The Balaban J connectivity index is 2.56. The fourth-order valence-electron chi connectivity index (χ4n) is 2.10. The van der Waals surface area contributed by atoms with Gasteiger partial charge < -0.3 is 9.64 Å². The summed E-state index contributed by atoms with van der Waals surface area (Å²) in [5.41, 5.74) is 0.0389. The van der Waals surface area contributed by atoms with Crippen LogP contribution in [-0.2, 0) is 9.53 Å². The average Bonchev–Trinajstić information content (AvgIpc) is 2.15. The van der Waals surface area contributed by atoms with Crippen LogP contribution in [0, 0.1) is 11.3 Å². The van der Waals surface area contributed by atoms with E-state index in [0.717, 1.165) is 12.8 Å². The molecule has 1 saturated carbocycles. The molecule has 0 aromatic heterocycles. The Hall–Kier alpha value is -0.640. The Morgan fingerprint density at radius 2 is 2.19 bits per heavy atom. The van der Waals surface area contributed by atoms with Crippen LogP contribution in [0.5, 0.6) is 0 Å². The monoisotopic (exact) mass is 243 g/mol. The first-order valence-electron chi connectivity index (χ1n) is 5.71. The lowest BCUT2D eigenvalue weighted by molar-refractivity contribution is -0.131. The lowest BCUT2D eigenvalue weighted by atomic mass is 9.68. The topological polar surface area (TPSA) is 29.5 Å². The molecule has 0 aromatic rings. The van der Waals surface area contributed by atoms with E-state index in [1.165, 1.54) is 0 Å². The summed E-state index contributed by atoms with van der Waals surface area (Å²) in [6.07, 6.45) is 2.77. The smallest absolute Gasteiger partial charge is 0.258 e. The first-order chi connectivity index (χ1) is 7.34. The van der Waals surface area contributed by atoms with Crippen LogP contribution in [0.4, 0.5) is 0 Å². The van der Waals surface area contributed by atoms with Crippen LogP contribution in [0.1, 0.15) is 33.1 Å². The van der Waals surface area contributed by atoms with Crippen molar-refractivity contribution in [2.24, 2.45) is 11.3 Å². The van der Waals surface area contributed by atoms with Crippen LogP contribution in [0.25, 0.3) is 0 Å². The molecule has 4 heteroatoms. The molecule has 1 fully saturated rings. The van der Waals surface area contributed by atoms with Crippen LogP contribution >= 0.6 is 12.2 Å². The van der Waals surface area contributed by atoms with Crippen molar-refractivity contribution in [3.63, 3.8) is 0 Å². The fourth-order valence-corrected chi connectivity index (χ4v) is 2.17. The Bertz CT molecular complexity index is 287. The van der Waals surface area contributed by atoms with Gasteiger partial charge in [0.25, 0.3) is 5.17 Å². The molecule has 0 bridgehead atoms. The summed E-state index contributed by atoms with van der Waals surface area (Å²) < 4.78 is 5.49. The number of rotatable bonds is 2. The Labute approximate surface area is 103 Å². The van der Waals surface area contributed by atoms with Gasteiger partial charge in [0.15, 0.2) is 0 Å². The SMILES string of the molecule is CN(C)C(=S)OCC1C(=O)CCCC1(C)C. The second kappa shape index (κ2) is 5.13. The Morgan fingerprint density at radius 3 is 2.69 bits per heavy atom. The summed E-state index contributed by atoms with van der Waals surface area (Å²) in [7, 11) is 3.69. The summed E-state index contributed by atoms with van der Waals surface area (Å²) in [5, 5.41) is 0.453. The third kappa shape index (κ3) is 3.17. The van der Waals surface area contributed by atoms with E-state index in [0.29, 0.717) is 24.0 Å². The normalized spacial score (nSPS) is 24.0. The van der Waals surface area contributed by atoms with Crippen molar-refractivity contribution in [2.45, 2.75) is 33.1 Å². The maximum Gasteiger partial charge on any atom is 0.258 e. The number of hydrogen-bond donors (Lipinski definition) is 0. The molecule has 0 aromatic carbocycles. The molecule has 16 heavy (non-hydrogen) atoms. The third-order valence-electron chi connectivity index (χ3n) is 3.31. The van der Waals surface area contributed by atoms with E-state index >= 15 is 0 Å². The molecule has 0 aliphatic heterocycles. The quantitative estimate of drug-likeness (QED) is 0.696. The standard InChI is InChI=1S/C12H21NO2S/c1-12(2)7-5-6-10(14)9(12)8-15-11(16)13(3)4/h9H,5-8H2,1-4H3. The molecule has 1 aliphatic carbocycles. The number of Topliss-reactive ketones (excluding diaryl/α,β-unsaturated/α-hetero) is 1. The van der Waals surface area contributed by atoms with Crippen molar-refractivity contribution >= 4 is 23.2 Å². The highest BCUT2D eigenvalue weighted by atomic mass is 32.1. The van der Waals surface area contributed by atoms with Crippen molar-refractivity contribution < 1.29 is 9.53 Å². The summed E-state index contributed by atoms with van der Waals surface area (Å²) in [5.74, 6) is 0.303. The molecule has 0 N–H and O–H groups in total. The molecular weight excluding hydrogens is 222 g/mol. The van der Waals surface area contributed by atoms with E-state index in [1.54, 1.807) is 4.90 Å². The van der Waals surface area contributed by atoms with Crippen LogP contribution < -0.4 is 0 Å². The maximum absolute atomic E-state index is 11.9. The zero-order chi connectivity index (χ0) is 12.3. The molecule has 1 unspecified atom stereocenters. The van der Waals surface area contributed by atoms with Gasteiger partial charge in [0.1, 0.15) is 12.4 Å².